The maximum atomic E-state index is 13.4. The van der Waals surface area contributed by atoms with Gasteiger partial charge in [-0.1, -0.05) is 43.7 Å². The summed E-state index contributed by atoms with van der Waals surface area (Å²) in [6.07, 6.45) is 5.63. The number of aliphatic hydroxyl groups is 1. The van der Waals surface area contributed by atoms with Gasteiger partial charge in [0.2, 0.25) is 0 Å². The van der Waals surface area contributed by atoms with Gasteiger partial charge < -0.3 is 24.1 Å². The predicted molar refractivity (Wildman–Crippen MR) is 147 cm³/mol. The molecule has 1 N–H and O–H groups in total. The Labute approximate surface area is 239 Å². The number of carbonyl (C=O) groups excluding carboxylic acids is 3. The van der Waals surface area contributed by atoms with E-state index < -0.39 is 52.3 Å². The van der Waals surface area contributed by atoms with Crippen molar-refractivity contribution < 1.29 is 38.4 Å². The molecule has 0 radical (unpaired) electrons. The van der Waals surface area contributed by atoms with Gasteiger partial charge in [-0.3, -0.25) is 4.79 Å². The first kappa shape index (κ1) is 27.7. The number of hydrogen-bond acceptors (Lipinski definition) is 8. The summed E-state index contributed by atoms with van der Waals surface area (Å²) in [4.78, 5) is 38.9. The number of esters is 3. The van der Waals surface area contributed by atoms with Gasteiger partial charge in [-0.15, -0.1) is 5.73 Å². The fraction of sp³-hybridized carbons (Fsp3) is 0.515. The Kier molecular flexibility index (Phi) is 6.45. The van der Waals surface area contributed by atoms with Crippen LogP contribution in [0.25, 0.3) is 0 Å². The average Bonchev–Trinajstić information content (AvgIpc) is 3.62. The number of hydrogen-bond donors (Lipinski definition) is 1. The number of carbonyl (C=O) groups is 3. The van der Waals surface area contributed by atoms with E-state index >= 15 is 0 Å². The van der Waals surface area contributed by atoms with Crippen LogP contribution in [0.4, 0.5) is 0 Å². The predicted octanol–water partition coefficient (Wildman–Crippen LogP) is 4.38. The number of allylic oxidation sites excluding steroid dienone is 1. The summed E-state index contributed by atoms with van der Waals surface area (Å²) >= 11 is 0. The maximum absolute atomic E-state index is 13.4. The Bertz CT molecular complexity index is 1420. The van der Waals surface area contributed by atoms with Crippen LogP contribution in [-0.4, -0.2) is 59.1 Å². The molecule has 5 aliphatic rings. The molecule has 2 aliphatic heterocycles. The van der Waals surface area contributed by atoms with Crippen LogP contribution in [0.15, 0.2) is 71.5 Å². The number of cyclic esters (lactones) is 1. The van der Waals surface area contributed by atoms with Gasteiger partial charge in [0.05, 0.1) is 17.6 Å². The van der Waals surface area contributed by atoms with Crippen LogP contribution in [0.1, 0.15) is 63.7 Å². The second-order valence-electron chi connectivity index (χ2n) is 12.7. The quantitative estimate of drug-likeness (QED) is 0.250. The SMILES string of the molecule is CC1=CCC(OC(=O)c2ccccc2)[C@H]2C1(C)C(OC(=O)C1=CC=C=C1)C(O)C1(C)OC3(CCC21C)COC(=O)C3. The molecule has 8 nitrogen and oxygen atoms in total. The van der Waals surface area contributed by atoms with Crippen molar-refractivity contribution in [3.8, 4) is 0 Å². The Balaban J connectivity index is 1.45. The van der Waals surface area contributed by atoms with Gasteiger partial charge in [-0.2, -0.15) is 0 Å². The molecule has 41 heavy (non-hydrogen) atoms. The van der Waals surface area contributed by atoms with E-state index in [4.69, 9.17) is 18.9 Å². The van der Waals surface area contributed by atoms with Crippen LogP contribution in [0.2, 0.25) is 0 Å². The van der Waals surface area contributed by atoms with Crippen LogP contribution in [0.3, 0.4) is 0 Å². The van der Waals surface area contributed by atoms with E-state index in [1.165, 1.54) is 0 Å². The molecule has 1 aromatic carbocycles. The molecule has 0 amide bonds. The second kappa shape index (κ2) is 9.55. The lowest BCUT2D eigenvalue weighted by atomic mass is 9.42. The van der Waals surface area contributed by atoms with Crippen molar-refractivity contribution in [2.75, 3.05) is 6.61 Å². The van der Waals surface area contributed by atoms with Gasteiger partial charge in [0.25, 0.3) is 0 Å². The fourth-order valence-electron chi connectivity index (χ4n) is 8.11. The van der Waals surface area contributed by atoms with Crippen molar-refractivity contribution in [2.24, 2.45) is 16.7 Å². The average molecular weight is 561 g/mol. The zero-order valence-corrected chi connectivity index (χ0v) is 23.8. The Morgan fingerprint density at radius 3 is 2.49 bits per heavy atom. The van der Waals surface area contributed by atoms with Crippen molar-refractivity contribution in [3.63, 3.8) is 0 Å². The van der Waals surface area contributed by atoms with Crippen LogP contribution in [0.5, 0.6) is 0 Å². The molecule has 1 aromatic rings. The van der Waals surface area contributed by atoms with Gasteiger partial charge in [-0.05, 0) is 57.0 Å². The molecular formula is C33H36O8. The van der Waals surface area contributed by atoms with Gasteiger partial charge in [0.1, 0.15) is 36.1 Å². The van der Waals surface area contributed by atoms with Crippen molar-refractivity contribution in [1.29, 1.82) is 0 Å². The summed E-state index contributed by atoms with van der Waals surface area (Å²) in [6.45, 7) is 7.97. The van der Waals surface area contributed by atoms with Crippen molar-refractivity contribution >= 4 is 17.9 Å². The van der Waals surface area contributed by atoms with E-state index in [1.807, 2.05) is 32.9 Å². The topological polar surface area (TPSA) is 108 Å². The minimum Gasteiger partial charge on any atom is -0.463 e. The molecule has 8 atom stereocenters. The molecule has 7 unspecified atom stereocenters. The second-order valence-corrected chi connectivity index (χ2v) is 12.7. The molecule has 6 rings (SSSR count). The first-order chi connectivity index (χ1) is 19.4. The molecular weight excluding hydrogens is 524 g/mol. The standard InChI is InChI=1S/C33H36O8/c1-20-14-15-23(39-28(36)21-10-6-5-7-11-21)25-30(2)16-17-33(18-24(34)38-19-33)41-32(30,4)26(35)27(31(20,25)3)40-29(37)22-12-8-9-13-22/h5-8,10-14,23,25-27,35H,15-19H2,1-4H3/t23?,25-,26?,27?,30?,31?,32?,33?/m1/s1. The Morgan fingerprint density at radius 1 is 1.07 bits per heavy atom. The zero-order valence-electron chi connectivity index (χ0n) is 23.8. The van der Waals surface area contributed by atoms with E-state index in [0.29, 0.717) is 30.4 Å². The van der Waals surface area contributed by atoms with Gasteiger partial charge in [0.15, 0.2) is 0 Å². The number of fused-ring (bicyclic) bond motifs is 3. The summed E-state index contributed by atoms with van der Waals surface area (Å²) in [7, 11) is 0. The van der Waals surface area contributed by atoms with Crippen LogP contribution < -0.4 is 0 Å². The minimum absolute atomic E-state index is 0.0898. The van der Waals surface area contributed by atoms with Gasteiger partial charge in [-0.25, -0.2) is 9.59 Å². The molecule has 1 spiro atoms. The Hall–Kier alpha value is -3.45. The lowest BCUT2D eigenvalue weighted by molar-refractivity contribution is -0.347. The third-order valence-electron chi connectivity index (χ3n) is 10.6. The van der Waals surface area contributed by atoms with Crippen LogP contribution >= 0.6 is 0 Å². The number of aliphatic hydroxyl groups excluding tert-OH is 1. The third kappa shape index (κ3) is 4.07. The first-order valence-electron chi connectivity index (χ1n) is 14.2. The summed E-state index contributed by atoms with van der Waals surface area (Å²) < 4.78 is 24.6. The van der Waals surface area contributed by atoms with Crippen LogP contribution in [-0.2, 0) is 28.5 Å². The van der Waals surface area contributed by atoms with Crippen molar-refractivity contribution in [3.05, 3.63) is 77.1 Å². The summed E-state index contributed by atoms with van der Waals surface area (Å²) in [5.74, 6) is -1.75. The number of ether oxygens (including phenoxy) is 4. The highest BCUT2D eigenvalue weighted by Gasteiger charge is 2.75. The highest BCUT2D eigenvalue weighted by atomic mass is 16.6. The molecule has 3 aliphatic carbocycles. The van der Waals surface area contributed by atoms with E-state index in [-0.39, 0.29) is 24.9 Å². The maximum Gasteiger partial charge on any atom is 0.339 e. The Morgan fingerprint density at radius 2 is 1.83 bits per heavy atom. The van der Waals surface area contributed by atoms with E-state index in [9.17, 15) is 19.5 Å². The zero-order chi connectivity index (χ0) is 29.2. The smallest absolute Gasteiger partial charge is 0.339 e. The monoisotopic (exact) mass is 560 g/mol. The van der Waals surface area contributed by atoms with Gasteiger partial charge >= 0.3 is 17.9 Å². The van der Waals surface area contributed by atoms with E-state index in [0.717, 1.165) is 5.57 Å². The molecule has 0 aromatic heterocycles. The van der Waals surface area contributed by atoms with Gasteiger partial charge in [0, 0.05) is 23.2 Å². The summed E-state index contributed by atoms with van der Waals surface area (Å²) in [5, 5.41) is 12.2. The highest BCUT2D eigenvalue weighted by Crippen LogP contribution is 2.68. The molecule has 8 heteroatoms. The van der Waals surface area contributed by atoms with E-state index in [2.05, 4.69) is 12.7 Å². The van der Waals surface area contributed by atoms with Crippen molar-refractivity contribution in [2.45, 2.75) is 82.9 Å². The largest absolute Gasteiger partial charge is 0.463 e. The molecule has 216 valence electrons. The highest BCUT2D eigenvalue weighted by molar-refractivity contribution is 5.93. The molecule has 1 saturated carbocycles. The third-order valence-corrected chi connectivity index (χ3v) is 10.6. The molecule has 2 heterocycles. The minimum atomic E-state index is -1.26. The number of rotatable bonds is 4. The lowest BCUT2D eigenvalue weighted by Crippen LogP contribution is -2.78. The van der Waals surface area contributed by atoms with Crippen molar-refractivity contribution in [1.82, 2.24) is 0 Å². The summed E-state index contributed by atoms with van der Waals surface area (Å²) in [6, 6.07) is 8.85. The molecule has 3 fully saturated rings. The first-order valence-corrected chi connectivity index (χ1v) is 14.2. The van der Waals surface area contributed by atoms with Crippen LogP contribution in [0, 0.1) is 16.7 Å². The molecule has 0 bridgehead atoms. The summed E-state index contributed by atoms with van der Waals surface area (Å²) in [5.41, 5.74) is 0.823. The number of benzene rings is 1. The van der Waals surface area contributed by atoms with E-state index in [1.54, 1.807) is 42.5 Å². The molecule has 2 saturated heterocycles. The lowest BCUT2D eigenvalue weighted by Gasteiger charge is -2.69. The fourth-order valence-corrected chi connectivity index (χ4v) is 8.11. The normalized spacial score (nSPS) is 40.8.